The van der Waals surface area contributed by atoms with Gasteiger partial charge < -0.3 is 14.8 Å². The van der Waals surface area contributed by atoms with E-state index in [2.05, 4.69) is 5.32 Å². The Kier molecular flexibility index (Phi) is 8.83. The van der Waals surface area contributed by atoms with Crippen molar-refractivity contribution in [3.63, 3.8) is 0 Å². The fourth-order valence-electron chi connectivity index (χ4n) is 2.98. The summed E-state index contributed by atoms with van der Waals surface area (Å²) in [5.74, 6) is -0.143. The minimum Gasteiger partial charge on any atom is -0.495 e. The molecule has 0 bridgehead atoms. The number of benzene rings is 2. The highest BCUT2D eigenvalue weighted by atomic mass is 32.2. The average Bonchev–Trinajstić information content (AvgIpc) is 2.76. The topological polar surface area (TPSA) is 84.9 Å². The molecular formula is C22H30N2O5S. The summed E-state index contributed by atoms with van der Waals surface area (Å²) < 4.78 is 37.8. The van der Waals surface area contributed by atoms with Gasteiger partial charge in [0.1, 0.15) is 10.6 Å². The fraction of sp³-hybridized carbons (Fsp3) is 0.409. The van der Waals surface area contributed by atoms with Gasteiger partial charge in [0.15, 0.2) is 0 Å². The van der Waals surface area contributed by atoms with Crippen molar-refractivity contribution in [3.05, 3.63) is 59.2 Å². The first-order valence-corrected chi connectivity index (χ1v) is 11.4. The third kappa shape index (κ3) is 5.81. The molecule has 2 aromatic rings. The lowest BCUT2D eigenvalue weighted by Crippen LogP contribution is -2.31. The van der Waals surface area contributed by atoms with E-state index in [0.29, 0.717) is 32.8 Å². The number of nitrogens with zero attached hydrogens (tertiary/aromatic N) is 1. The van der Waals surface area contributed by atoms with Crippen LogP contribution in [0.5, 0.6) is 5.75 Å². The molecule has 0 aliphatic carbocycles. The largest absolute Gasteiger partial charge is 0.495 e. The smallest absolute Gasteiger partial charge is 0.251 e. The monoisotopic (exact) mass is 434 g/mol. The minimum absolute atomic E-state index is 0.0124. The second-order valence-corrected chi connectivity index (χ2v) is 8.50. The molecule has 0 saturated heterocycles. The molecule has 30 heavy (non-hydrogen) atoms. The Bertz CT molecular complexity index is 939. The van der Waals surface area contributed by atoms with Crippen LogP contribution in [0.25, 0.3) is 0 Å². The molecule has 0 fully saturated rings. The number of hydrogen-bond acceptors (Lipinski definition) is 5. The summed E-state index contributed by atoms with van der Waals surface area (Å²) in [6.07, 6.45) is 0. The maximum Gasteiger partial charge on any atom is 0.251 e. The zero-order valence-electron chi connectivity index (χ0n) is 18.0. The van der Waals surface area contributed by atoms with Crippen molar-refractivity contribution in [2.75, 3.05) is 26.8 Å². The number of methoxy groups -OCH3 is 1. The Morgan fingerprint density at radius 3 is 2.20 bits per heavy atom. The molecule has 0 aliphatic heterocycles. The summed E-state index contributed by atoms with van der Waals surface area (Å²) in [4.78, 5) is 12.6. The first kappa shape index (κ1) is 23.9. The second kappa shape index (κ2) is 11.1. The van der Waals surface area contributed by atoms with Crippen LogP contribution in [0, 0.1) is 0 Å². The summed E-state index contributed by atoms with van der Waals surface area (Å²) in [6, 6.07) is 12.2. The summed E-state index contributed by atoms with van der Waals surface area (Å²) in [5, 5.41) is 2.83. The number of hydrogen-bond donors (Lipinski definition) is 1. The van der Waals surface area contributed by atoms with Crippen molar-refractivity contribution >= 4 is 15.9 Å². The van der Waals surface area contributed by atoms with E-state index in [1.54, 1.807) is 19.9 Å². The van der Waals surface area contributed by atoms with Gasteiger partial charge in [-0.2, -0.15) is 4.31 Å². The Morgan fingerprint density at radius 2 is 1.63 bits per heavy atom. The van der Waals surface area contributed by atoms with Gasteiger partial charge in [-0.1, -0.05) is 38.1 Å². The number of carbonyl (C=O) groups excluding carboxylic acids is 1. The van der Waals surface area contributed by atoms with Gasteiger partial charge in [-0.3, -0.25) is 4.79 Å². The lowest BCUT2D eigenvalue weighted by Gasteiger charge is -2.20. The van der Waals surface area contributed by atoms with Gasteiger partial charge >= 0.3 is 0 Å². The predicted molar refractivity (Wildman–Crippen MR) is 116 cm³/mol. The molecule has 0 radical (unpaired) electrons. The van der Waals surface area contributed by atoms with Crippen LogP contribution in [0.4, 0.5) is 0 Å². The molecule has 0 spiro atoms. The van der Waals surface area contributed by atoms with E-state index in [-0.39, 0.29) is 22.1 Å². The zero-order valence-corrected chi connectivity index (χ0v) is 18.8. The molecule has 8 heteroatoms. The van der Waals surface area contributed by atoms with Crippen LogP contribution < -0.4 is 10.1 Å². The molecule has 0 aromatic heterocycles. The van der Waals surface area contributed by atoms with Crippen LogP contribution in [0.2, 0.25) is 0 Å². The molecule has 0 unspecified atom stereocenters. The van der Waals surface area contributed by atoms with Gasteiger partial charge in [-0.25, -0.2) is 8.42 Å². The molecule has 0 aliphatic rings. The van der Waals surface area contributed by atoms with Crippen LogP contribution >= 0.6 is 0 Å². The van der Waals surface area contributed by atoms with Crippen LogP contribution in [-0.2, 0) is 27.9 Å². The van der Waals surface area contributed by atoms with Gasteiger partial charge in [0.05, 0.1) is 13.7 Å². The maximum atomic E-state index is 12.9. The SMILES string of the molecule is CCOCc1ccc(CNC(=O)c2ccc(OC)c(S(=O)(=O)N(CC)CC)c2)cc1. The third-order valence-corrected chi connectivity index (χ3v) is 6.77. The normalized spacial score (nSPS) is 11.5. The van der Waals surface area contributed by atoms with Crippen molar-refractivity contribution < 1.29 is 22.7 Å². The Labute approximate surface area is 179 Å². The van der Waals surface area contributed by atoms with Gasteiger partial charge in [-0.05, 0) is 36.2 Å². The molecule has 1 N–H and O–H groups in total. The van der Waals surface area contributed by atoms with Crippen molar-refractivity contribution in [3.8, 4) is 5.75 Å². The van der Waals surface area contributed by atoms with E-state index in [0.717, 1.165) is 11.1 Å². The lowest BCUT2D eigenvalue weighted by atomic mass is 10.1. The van der Waals surface area contributed by atoms with Crippen LogP contribution in [0.15, 0.2) is 47.4 Å². The van der Waals surface area contributed by atoms with Gasteiger partial charge in [0.2, 0.25) is 10.0 Å². The molecule has 0 saturated carbocycles. The number of nitrogens with one attached hydrogen (secondary N) is 1. The number of ether oxygens (including phenoxy) is 2. The highest BCUT2D eigenvalue weighted by Crippen LogP contribution is 2.28. The standard InChI is InChI=1S/C22H30N2O5S/c1-5-24(6-2)30(26,27)21-14-19(12-13-20(21)28-4)22(25)23-15-17-8-10-18(11-9-17)16-29-7-3/h8-14H,5-7,15-16H2,1-4H3,(H,23,25). The molecule has 164 valence electrons. The molecule has 0 heterocycles. The Morgan fingerprint density at radius 1 is 1.00 bits per heavy atom. The van der Waals surface area contributed by atoms with Gasteiger partial charge in [-0.15, -0.1) is 0 Å². The van der Waals surface area contributed by atoms with Crippen molar-refractivity contribution in [1.29, 1.82) is 0 Å². The van der Waals surface area contributed by atoms with Crippen LogP contribution in [0.3, 0.4) is 0 Å². The van der Waals surface area contributed by atoms with Gasteiger partial charge in [0, 0.05) is 31.8 Å². The zero-order chi connectivity index (χ0) is 22.1. The summed E-state index contributed by atoms with van der Waals surface area (Å²) >= 11 is 0. The van der Waals surface area contributed by atoms with Crippen molar-refractivity contribution in [2.45, 2.75) is 38.8 Å². The Hall–Kier alpha value is -2.42. The minimum atomic E-state index is -3.76. The van der Waals surface area contributed by atoms with Crippen LogP contribution in [-0.4, -0.2) is 45.4 Å². The molecule has 2 aromatic carbocycles. The van der Waals surface area contributed by atoms with E-state index < -0.39 is 10.0 Å². The predicted octanol–water partition coefficient (Wildman–Crippen LogP) is 3.19. The highest BCUT2D eigenvalue weighted by Gasteiger charge is 2.26. The van der Waals surface area contributed by atoms with Gasteiger partial charge in [0.25, 0.3) is 5.91 Å². The summed E-state index contributed by atoms with van der Waals surface area (Å²) in [7, 11) is -2.35. The second-order valence-electron chi connectivity index (χ2n) is 6.59. The summed E-state index contributed by atoms with van der Waals surface area (Å²) in [6.45, 7) is 7.69. The van der Waals surface area contributed by atoms with E-state index in [9.17, 15) is 13.2 Å². The number of amides is 1. The van der Waals surface area contributed by atoms with Crippen molar-refractivity contribution in [1.82, 2.24) is 9.62 Å². The first-order chi connectivity index (χ1) is 14.4. The highest BCUT2D eigenvalue weighted by molar-refractivity contribution is 7.89. The maximum absolute atomic E-state index is 12.9. The third-order valence-electron chi connectivity index (χ3n) is 4.70. The molecular weight excluding hydrogens is 404 g/mol. The fourth-order valence-corrected chi connectivity index (χ4v) is 4.62. The molecule has 0 atom stereocenters. The summed E-state index contributed by atoms with van der Waals surface area (Å²) in [5.41, 5.74) is 2.26. The lowest BCUT2D eigenvalue weighted by molar-refractivity contribution is 0.0950. The van der Waals surface area contributed by atoms with E-state index in [1.807, 2.05) is 31.2 Å². The van der Waals surface area contributed by atoms with Crippen LogP contribution in [0.1, 0.15) is 42.3 Å². The molecule has 1 amide bonds. The Balaban J connectivity index is 2.16. The first-order valence-electron chi connectivity index (χ1n) is 9.99. The van der Waals surface area contributed by atoms with E-state index >= 15 is 0 Å². The van der Waals surface area contributed by atoms with Crippen molar-refractivity contribution in [2.24, 2.45) is 0 Å². The van der Waals surface area contributed by atoms with E-state index in [4.69, 9.17) is 9.47 Å². The quantitative estimate of drug-likeness (QED) is 0.587. The average molecular weight is 435 g/mol. The molecule has 7 nitrogen and oxygen atoms in total. The number of carbonyl (C=O) groups is 1. The molecule has 2 rings (SSSR count). The number of sulfonamides is 1. The van der Waals surface area contributed by atoms with E-state index in [1.165, 1.54) is 23.5 Å². The number of rotatable bonds is 11.